The van der Waals surface area contributed by atoms with Crippen molar-refractivity contribution in [3.05, 3.63) is 28.3 Å². The summed E-state index contributed by atoms with van der Waals surface area (Å²) in [5.41, 5.74) is 0.00368. The Morgan fingerprint density at radius 1 is 1.32 bits per heavy atom. The van der Waals surface area contributed by atoms with Crippen LogP contribution in [0.1, 0.15) is 12.8 Å². The molecule has 0 amide bonds. The van der Waals surface area contributed by atoms with E-state index in [1.807, 2.05) is 14.1 Å². The van der Waals surface area contributed by atoms with E-state index >= 15 is 0 Å². The third kappa shape index (κ3) is 2.96. The first-order valence-corrected chi connectivity index (χ1v) is 6.16. The Kier molecular flexibility index (Phi) is 3.90. The highest BCUT2D eigenvalue weighted by Crippen LogP contribution is 2.35. The summed E-state index contributed by atoms with van der Waals surface area (Å²) in [7, 11) is 5.58. The summed E-state index contributed by atoms with van der Waals surface area (Å²) in [5.74, 6) is 0.970. The third-order valence-electron chi connectivity index (χ3n) is 3.45. The summed E-state index contributed by atoms with van der Waals surface area (Å²) < 4.78 is 11.0. The van der Waals surface area contributed by atoms with Crippen molar-refractivity contribution in [2.24, 2.45) is 0 Å². The lowest BCUT2D eigenvalue weighted by Gasteiger charge is -2.39. The van der Waals surface area contributed by atoms with Crippen LogP contribution in [0.25, 0.3) is 0 Å². The quantitative estimate of drug-likeness (QED) is 0.603. The van der Waals surface area contributed by atoms with Gasteiger partial charge in [-0.15, -0.1) is 0 Å². The predicted molar refractivity (Wildman–Crippen MR) is 70.8 cm³/mol. The van der Waals surface area contributed by atoms with Crippen LogP contribution in [-0.4, -0.2) is 43.2 Å². The summed E-state index contributed by atoms with van der Waals surface area (Å²) in [4.78, 5) is 12.4. The molecule has 1 aliphatic rings. The van der Waals surface area contributed by atoms with Crippen molar-refractivity contribution in [1.29, 1.82) is 0 Å². The molecule has 0 heterocycles. The maximum Gasteiger partial charge on any atom is 0.273 e. The van der Waals surface area contributed by atoms with E-state index in [9.17, 15) is 10.1 Å². The molecule has 6 nitrogen and oxygen atoms in total. The molecule has 0 aromatic heterocycles. The second kappa shape index (κ2) is 5.44. The first-order valence-electron chi connectivity index (χ1n) is 6.16. The van der Waals surface area contributed by atoms with E-state index in [4.69, 9.17) is 9.47 Å². The molecule has 0 N–H and O–H groups in total. The largest absolute Gasteiger partial charge is 0.493 e. The Labute approximate surface area is 112 Å². The number of benzene rings is 1. The van der Waals surface area contributed by atoms with E-state index < -0.39 is 4.92 Å². The van der Waals surface area contributed by atoms with Crippen molar-refractivity contribution in [3.8, 4) is 11.5 Å². The van der Waals surface area contributed by atoms with Gasteiger partial charge in [-0.05, 0) is 33.0 Å². The average Bonchev–Trinajstić information content (AvgIpc) is 2.32. The normalized spacial score (nSPS) is 21.9. The topological polar surface area (TPSA) is 64.8 Å². The van der Waals surface area contributed by atoms with Crippen LogP contribution in [-0.2, 0) is 0 Å². The van der Waals surface area contributed by atoms with Crippen LogP contribution in [0.4, 0.5) is 5.69 Å². The van der Waals surface area contributed by atoms with Gasteiger partial charge in [0.2, 0.25) is 0 Å². The van der Waals surface area contributed by atoms with Crippen LogP contribution in [0.3, 0.4) is 0 Å². The van der Waals surface area contributed by atoms with Crippen molar-refractivity contribution < 1.29 is 14.4 Å². The number of methoxy groups -OCH3 is 1. The van der Waals surface area contributed by atoms with Crippen molar-refractivity contribution in [1.82, 2.24) is 4.90 Å². The third-order valence-corrected chi connectivity index (χ3v) is 3.45. The van der Waals surface area contributed by atoms with Gasteiger partial charge in [-0.2, -0.15) is 0 Å². The van der Waals surface area contributed by atoms with Gasteiger partial charge in [0.05, 0.1) is 18.1 Å². The van der Waals surface area contributed by atoms with Gasteiger partial charge in [0.25, 0.3) is 5.69 Å². The summed E-state index contributed by atoms with van der Waals surface area (Å²) >= 11 is 0. The van der Waals surface area contributed by atoms with E-state index in [1.165, 1.54) is 19.2 Å². The fourth-order valence-corrected chi connectivity index (χ4v) is 2.10. The van der Waals surface area contributed by atoms with Crippen LogP contribution < -0.4 is 9.47 Å². The maximum absolute atomic E-state index is 10.7. The van der Waals surface area contributed by atoms with Gasteiger partial charge in [-0.25, -0.2) is 0 Å². The molecular weight excluding hydrogens is 248 g/mol. The molecule has 1 fully saturated rings. The molecule has 1 aromatic rings. The summed E-state index contributed by atoms with van der Waals surface area (Å²) in [6.45, 7) is 0. The first kappa shape index (κ1) is 13.6. The molecule has 6 heteroatoms. The van der Waals surface area contributed by atoms with E-state index in [1.54, 1.807) is 6.07 Å². The SMILES string of the molecule is COc1cc([N+](=O)[O-])ccc1OC1CC(N(C)C)C1. The molecule has 0 radical (unpaired) electrons. The summed E-state index contributed by atoms with van der Waals surface area (Å²) in [6, 6.07) is 4.96. The second-order valence-electron chi connectivity index (χ2n) is 4.92. The molecular formula is C13H18N2O4. The maximum atomic E-state index is 10.7. The predicted octanol–water partition coefficient (Wildman–Crippen LogP) is 2.07. The van der Waals surface area contributed by atoms with Crippen LogP contribution in [0.2, 0.25) is 0 Å². The van der Waals surface area contributed by atoms with Crippen molar-refractivity contribution in [2.75, 3.05) is 21.2 Å². The molecule has 19 heavy (non-hydrogen) atoms. The molecule has 0 spiro atoms. The molecule has 1 aliphatic carbocycles. The zero-order valence-corrected chi connectivity index (χ0v) is 11.3. The first-order chi connectivity index (χ1) is 9.01. The van der Waals surface area contributed by atoms with E-state index in [2.05, 4.69) is 4.90 Å². The molecule has 104 valence electrons. The lowest BCUT2D eigenvalue weighted by atomic mass is 9.88. The van der Waals surface area contributed by atoms with Gasteiger partial charge in [-0.3, -0.25) is 10.1 Å². The van der Waals surface area contributed by atoms with Crippen LogP contribution in [0.15, 0.2) is 18.2 Å². The Balaban J connectivity index is 2.03. The second-order valence-corrected chi connectivity index (χ2v) is 4.92. The number of hydrogen-bond acceptors (Lipinski definition) is 5. The number of nitrogens with zero attached hydrogens (tertiary/aromatic N) is 2. The molecule has 1 saturated carbocycles. The number of nitro groups is 1. The Morgan fingerprint density at radius 2 is 2.00 bits per heavy atom. The Morgan fingerprint density at radius 3 is 2.53 bits per heavy atom. The zero-order valence-electron chi connectivity index (χ0n) is 11.3. The van der Waals surface area contributed by atoms with Crippen molar-refractivity contribution >= 4 is 5.69 Å². The molecule has 2 rings (SSSR count). The van der Waals surface area contributed by atoms with E-state index in [0.717, 1.165) is 12.8 Å². The monoisotopic (exact) mass is 266 g/mol. The fraction of sp³-hybridized carbons (Fsp3) is 0.538. The summed E-state index contributed by atoms with van der Waals surface area (Å²) in [6.07, 6.45) is 2.09. The Bertz CT molecular complexity index is 470. The van der Waals surface area contributed by atoms with E-state index in [-0.39, 0.29) is 11.8 Å². The highest BCUT2D eigenvalue weighted by molar-refractivity contribution is 5.48. The highest BCUT2D eigenvalue weighted by Gasteiger charge is 2.32. The molecule has 0 atom stereocenters. The minimum atomic E-state index is -0.447. The van der Waals surface area contributed by atoms with E-state index in [0.29, 0.717) is 17.5 Å². The van der Waals surface area contributed by atoms with Gasteiger partial charge in [0, 0.05) is 12.1 Å². The van der Waals surface area contributed by atoms with Crippen molar-refractivity contribution in [2.45, 2.75) is 25.0 Å². The number of non-ortho nitro benzene ring substituents is 1. The molecule has 0 aliphatic heterocycles. The number of hydrogen-bond donors (Lipinski definition) is 0. The summed E-state index contributed by atoms with van der Waals surface area (Å²) in [5, 5.41) is 10.7. The number of nitro benzene ring substituents is 1. The van der Waals surface area contributed by atoms with Crippen LogP contribution >= 0.6 is 0 Å². The minimum absolute atomic E-state index is 0.00368. The average molecular weight is 266 g/mol. The lowest BCUT2D eigenvalue weighted by molar-refractivity contribution is -0.385. The molecule has 0 saturated heterocycles. The van der Waals surface area contributed by atoms with Gasteiger partial charge >= 0.3 is 0 Å². The molecule has 1 aromatic carbocycles. The van der Waals surface area contributed by atoms with Crippen LogP contribution in [0, 0.1) is 10.1 Å². The highest BCUT2D eigenvalue weighted by atomic mass is 16.6. The fourth-order valence-electron chi connectivity index (χ4n) is 2.10. The van der Waals surface area contributed by atoms with Gasteiger partial charge < -0.3 is 14.4 Å². The molecule has 0 unspecified atom stereocenters. The van der Waals surface area contributed by atoms with Crippen LogP contribution in [0.5, 0.6) is 11.5 Å². The Hall–Kier alpha value is -1.82. The molecule has 0 bridgehead atoms. The smallest absolute Gasteiger partial charge is 0.273 e. The number of ether oxygens (including phenoxy) is 2. The van der Waals surface area contributed by atoms with Gasteiger partial charge in [-0.1, -0.05) is 0 Å². The standard InChI is InChI=1S/C13H18N2O4/c1-14(2)10-6-11(7-10)19-12-5-4-9(15(16)17)8-13(12)18-3/h4-5,8,10-11H,6-7H2,1-3H3. The van der Waals surface area contributed by atoms with Gasteiger partial charge in [0.1, 0.15) is 6.10 Å². The van der Waals surface area contributed by atoms with Crippen molar-refractivity contribution in [3.63, 3.8) is 0 Å². The zero-order chi connectivity index (χ0) is 14.0. The van der Waals surface area contributed by atoms with Gasteiger partial charge in [0.15, 0.2) is 11.5 Å². The minimum Gasteiger partial charge on any atom is -0.493 e. The number of rotatable bonds is 5. The lowest BCUT2D eigenvalue weighted by Crippen LogP contribution is -2.46.